The Hall–Kier alpha value is -1.58. The van der Waals surface area contributed by atoms with Crippen molar-refractivity contribution in [3.63, 3.8) is 0 Å². The number of nitrogens with one attached hydrogen (secondary N) is 1. The molecule has 2 N–H and O–H groups in total. The van der Waals surface area contributed by atoms with Gasteiger partial charge in [0.25, 0.3) is 0 Å². The van der Waals surface area contributed by atoms with Gasteiger partial charge in [-0.05, 0) is 67.1 Å². The summed E-state index contributed by atoms with van der Waals surface area (Å²) < 4.78 is 0. The third-order valence-corrected chi connectivity index (χ3v) is 8.57. The van der Waals surface area contributed by atoms with Crippen LogP contribution in [0.2, 0.25) is 0 Å². The monoisotopic (exact) mass is 401 g/mol. The maximum absolute atomic E-state index is 13.4. The molecule has 6 atom stereocenters. The van der Waals surface area contributed by atoms with Gasteiger partial charge in [0.05, 0.1) is 5.41 Å². The van der Waals surface area contributed by atoms with Crippen LogP contribution in [0.1, 0.15) is 79.6 Å². The summed E-state index contributed by atoms with van der Waals surface area (Å²) in [7, 11) is 0. The van der Waals surface area contributed by atoms with E-state index < -0.39 is 17.4 Å². The lowest BCUT2D eigenvalue weighted by Gasteiger charge is -2.58. The second-order valence-corrected chi connectivity index (χ2v) is 11.0. The Morgan fingerprint density at radius 3 is 2.52 bits per heavy atom. The summed E-state index contributed by atoms with van der Waals surface area (Å²) in [6, 6.07) is -0.828. The van der Waals surface area contributed by atoms with Gasteiger partial charge in [-0.15, -0.1) is 6.58 Å². The minimum Gasteiger partial charge on any atom is -0.480 e. The van der Waals surface area contributed by atoms with Gasteiger partial charge in [0.15, 0.2) is 0 Å². The predicted molar refractivity (Wildman–Crippen MR) is 116 cm³/mol. The van der Waals surface area contributed by atoms with Crippen LogP contribution in [0.3, 0.4) is 0 Å². The molecule has 0 aromatic rings. The molecule has 4 heteroatoms. The molecule has 2 saturated carbocycles. The molecular formula is C25H39NO3. The molecule has 0 unspecified atom stereocenters. The lowest BCUT2D eigenvalue weighted by molar-refractivity contribution is -0.150. The fourth-order valence-corrected chi connectivity index (χ4v) is 6.71. The molecule has 29 heavy (non-hydrogen) atoms. The second kappa shape index (κ2) is 7.59. The van der Waals surface area contributed by atoms with E-state index in [4.69, 9.17) is 0 Å². The summed E-state index contributed by atoms with van der Waals surface area (Å²) in [4.78, 5) is 25.1. The molecule has 1 amide bonds. The highest BCUT2D eigenvalue weighted by atomic mass is 16.4. The quantitative estimate of drug-likeness (QED) is 0.611. The molecule has 162 valence electrons. The number of amides is 1. The van der Waals surface area contributed by atoms with E-state index in [1.165, 1.54) is 0 Å². The highest BCUT2D eigenvalue weighted by molar-refractivity contribution is 5.88. The molecule has 3 aliphatic carbocycles. The molecule has 3 rings (SSSR count). The van der Waals surface area contributed by atoms with Crippen LogP contribution in [0, 0.1) is 34.0 Å². The van der Waals surface area contributed by atoms with Crippen molar-refractivity contribution in [3.8, 4) is 0 Å². The van der Waals surface area contributed by atoms with Gasteiger partial charge in [-0.3, -0.25) is 4.79 Å². The highest BCUT2D eigenvalue weighted by Crippen LogP contribution is 2.63. The molecule has 4 nitrogen and oxygen atoms in total. The zero-order valence-electron chi connectivity index (χ0n) is 18.9. The summed E-state index contributed by atoms with van der Waals surface area (Å²) in [6.07, 6.45) is 11.9. The smallest absolute Gasteiger partial charge is 0.326 e. The van der Waals surface area contributed by atoms with Gasteiger partial charge in [0.2, 0.25) is 5.91 Å². The van der Waals surface area contributed by atoms with E-state index in [1.807, 2.05) is 13.8 Å². The first-order valence-electron chi connectivity index (χ1n) is 11.3. The Morgan fingerprint density at radius 2 is 1.93 bits per heavy atom. The average Bonchev–Trinajstić information content (AvgIpc) is 2.64. The van der Waals surface area contributed by atoms with Crippen molar-refractivity contribution in [1.29, 1.82) is 0 Å². The van der Waals surface area contributed by atoms with Crippen LogP contribution in [0.5, 0.6) is 0 Å². The third-order valence-electron chi connectivity index (χ3n) is 8.57. The molecule has 0 saturated heterocycles. The number of carbonyl (C=O) groups excluding carboxylic acids is 1. The number of aliphatic carboxylic acids is 1. The van der Waals surface area contributed by atoms with Crippen molar-refractivity contribution in [1.82, 2.24) is 5.32 Å². The highest BCUT2D eigenvalue weighted by Gasteiger charge is 2.57. The number of hydrogen-bond acceptors (Lipinski definition) is 2. The fraction of sp³-hybridized carbons (Fsp3) is 0.760. The van der Waals surface area contributed by atoms with E-state index in [2.05, 4.69) is 44.8 Å². The zero-order valence-corrected chi connectivity index (χ0v) is 18.9. The van der Waals surface area contributed by atoms with Crippen LogP contribution in [0.25, 0.3) is 0 Å². The largest absolute Gasteiger partial charge is 0.480 e. The first-order valence-corrected chi connectivity index (χ1v) is 11.3. The molecule has 0 spiro atoms. The van der Waals surface area contributed by atoms with Crippen molar-refractivity contribution >= 4 is 11.9 Å². The lowest BCUT2D eigenvalue weighted by atomic mass is 9.46. The molecule has 0 aromatic heterocycles. The Bertz CT molecular complexity index is 726. The van der Waals surface area contributed by atoms with Crippen molar-refractivity contribution in [2.24, 2.45) is 34.0 Å². The molecule has 0 aromatic carbocycles. The van der Waals surface area contributed by atoms with E-state index in [1.54, 1.807) is 5.57 Å². The number of allylic oxidation sites excluding steroid dienone is 3. The molecule has 0 heterocycles. The van der Waals surface area contributed by atoms with Gasteiger partial charge in [0.1, 0.15) is 6.04 Å². The van der Waals surface area contributed by atoms with E-state index in [0.717, 1.165) is 44.9 Å². The Morgan fingerprint density at radius 1 is 1.24 bits per heavy atom. The summed E-state index contributed by atoms with van der Waals surface area (Å²) >= 11 is 0. The third kappa shape index (κ3) is 3.68. The maximum atomic E-state index is 13.4. The molecule has 2 fully saturated rings. The van der Waals surface area contributed by atoms with Crippen molar-refractivity contribution < 1.29 is 14.7 Å². The normalized spacial score (nSPS) is 40.3. The standard InChI is InChI=1S/C25H39NO3/c1-7-23(4)14-11-18-17(15-23)9-10-19-24(18,5)12-8-13-25(19,6)22(29)26-20(16(2)3)21(27)28/h7,11,16-17,19-20H,1,8-10,12-15H2,2-6H3,(H,26,29)(H,27,28)/t17-,19-,20-,23-,24-,25+/m0/s1. The summed E-state index contributed by atoms with van der Waals surface area (Å²) in [5.74, 6) is -0.302. The number of rotatable bonds is 5. The first-order chi connectivity index (χ1) is 13.5. The second-order valence-electron chi connectivity index (χ2n) is 11.0. The van der Waals surface area contributed by atoms with Crippen LogP contribution >= 0.6 is 0 Å². The van der Waals surface area contributed by atoms with E-state index in [0.29, 0.717) is 5.92 Å². The number of carbonyl (C=O) groups is 2. The number of carboxylic acid groups (broad SMARTS) is 1. The van der Waals surface area contributed by atoms with Gasteiger partial charge >= 0.3 is 5.97 Å². The van der Waals surface area contributed by atoms with Crippen LogP contribution in [0.4, 0.5) is 0 Å². The van der Waals surface area contributed by atoms with Crippen molar-refractivity contribution in [2.75, 3.05) is 0 Å². The van der Waals surface area contributed by atoms with Gasteiger partial charge in [-0.1, -0.05) is 58.8 Å². The molecule has 0 bridgehead atoms. The van der Waals surface area contributed by atoms with Gasteiger partial charge in [-0.2, -0.15) is 0 Å². The van der Waals surface area contributed by atoms with E-state index in [-0.39, 0.29) is 28.6 Å². The Balaban J connectivity index is 1.90. The number of hydrogen-bond donors (Lipinski definition) is 2. The molecule has 3 aliphatic rings. The minimum atomic E-state index is -0.946. The number of fused-ring (bicyclic) bond motifs is 3. The van der Waals surface area contributed by atoms with Crippen LogP contribution in [-0.2, 0) is 9.59 Å². The average molecular weight is 402 g/mol. The van der Waals surface area contributed by atoms with Crippen LogP contribution < -0.4 is 5.32 Å². The first kappa shape index (κ1) is 22.1. The van der Waals surface area contributed by atoms with Crippen molar-refractivity contribution in [3.05, 3.63) is 24.3 Å². The Labute approximate surface area is 176 Å². The van der Waals surface area contributed by atoms with Crippen LogP contribution in [-0.4, -0.2) is 23.0 Å². The van der Waals surface area contributed by atoms with Gasteiger partial charge in [-0.25, -0.2) is 4.79 Å². The number of carboxylic acids is 1. The molecule has 0 aliphatic heterocycles. The molecular weight excluding hydrogens is 362 g/mol. The zero-order chi connectivity index (χ0) is 21.6. The summed E-state index contributed by atoms with van der Waals surface area (Å²) in [5, 5.41) is 12.5. The Kier molecular flexibility index (Phi) is 5.79. The van der Waals surface area contributed by atoms with Crippen molar-refractivity contribution in [2.45, 2.75) is 85.6 Å². The summed E-state index contributed by atoms with van der Waals surface area (Å²) in [6.45, 7) is 14.5. The van der Waals surface area contributed by atoms with Gasteiger partial charge < -0.3 is 10.4 Å². The topological polar surface area (TPSA) is 66.4 Å². The summed E-state index contributed by atoms with van der Waals surface area (Å²) in [5.41, 5.74) is 1.26. The molecule has 0 radical (unpaired) electrons. The lowest BCUT2D eigenvalue weighted by Crippen LogP contribution is -2.58. The SMILES string of the molecule is C=C[C@@]1(C)CC=C2[C@@H](CC[C@@H]3[C@](C)(C(=O)N[C@H](C(=O)O)C(C)C)CCC[C@@]23C)C1. The maximum Gasteiger partial charge on any atom is 0.326 e. The van der Waals surface area contributed by atoms with E-state index in [9.17, 15) is 14.7 Å². The predicted octanol–water partition coefficient (Wildman–Crippen LogP) is 5.35. The fourth-order valence-electron chi connectivity index (χ4n) is 6.71. The van der Waals surface area contributed by atoms with E-state index >= 15 is 0 Å². The van der Waals surface area contributed by atoms with Gasteiger partial charge in [0, 0.05) is 0 Å². The minimum absolute atomic E-state index is 0.0340. The van der Waals surface area contributed by atoms with Crippen LogP contribution in [0.15, 0.2) is 24.3 Å².